The highest BCUT2D eigenvalue weighted by Gasteiger charge is 2.32. The van der Waals surface area contributed by atoms with Crippen LogP contribution in [0.3, 0.4) is 0 Å². The number of likely N-dealkylation sites (tertiary alicyclic amines) is 1. The van der Waals surface area contributed by atoms with Crippen LogP contribution in [0, 0.1) is 11.8 Å². The Kier molecular flexibility index (Phi) is 6.19. The quantitative estimate of drug-likeness (QED) is 0.850. The van der Waals surface area contributed by atoms with Crippen molar-refractivity contribution in [3.8, 4) is 11.5 Å². The van der Waals surface area contributed by atoms with Crippen molar-refractivity contribution >= 4 is 17.5 Å². The van der Waals surface area contributed by atoms with Gasteiger partial charge in [-0.05, 0) is 17.7 Å². The molecule has 6 heteroatoms. The minimum atomic E-state index is -0.235. The molecular formula is C22H26N2O4. The molecule has 6 nitrogen and oxygen atoms in total. The van der Waals surface area contributed by atoms with Crippen molar-refractivity contribution in [3.63, 3.8) is 0 Å². The zero-order valence-electron chi connectivity index (χ0n) is 16.5. The maximum Gasteiger partial charge on any atom is 0.321 e. The lowest BCUT2D eigenvalue weighted by molar-refractivity contribution is -0.129. The van der Waals surface area contributed by atoms with E-state index in [4.69, 9.17) is 9.47 Å². The number of benzene rings is 2. The van der Waals surface area contributed by atoms with Gasteiger partial charge in [0.15, 0.2) is 0 Å². The number of nitrogens with zero attached hydrogens (tertiary/aromatic N) is 1. The Morgan fingerprint density at radius 3 is 2.43 bits per heavy atom. The van der Waals surface area contributed by atoms with E-state index in [-0.39, 0.29) is 23.7 Å². The van der Waals surface area contributed by atoms with E-state index in [0.717, 1.165) is 5.56 Å². The predicted molar refractivity (Wildman–Crippen MR) is 108 cm³/mol. The average Bonchev–Trinajstić information content (AvgIpc) is 2.71. The molecule has 28 heavy (non-hydrogen) atoms. The number of carbonyl (C=O) groups excluding carboxylic acids is 2. The van der Waals surface area contributed by atoms with E-state index in [1.54, 1.807) is 30.2 Å². The maximum absolute atomic E-state index is 12.8. The highest BCUT2D eigenvalue weighted by molar-refractivity contribution is 5.93. The molecule has 3 rings (SSSR count). The van der Waals surface area contributed by atoms with Gasteiger partial charge in [-0.15, -0.1) is 0 Å². The lowest BCUT2D eigenvalue weighted by atomic mass is 9.90. The molecule has 0 unspecified atom stereocenters. The summed E-state index contributed by atoms with van der Waals surface area (Å²) in [5.41, 5.74) is 1.60. The number of carbonyl (C=O) groups is 2. The SMILES string of the molecule is COc1ccc(NC(=O)N2C[C@@H](C)C(=O)[C@H](C)C2)c(OCc2ccccc2)c1. The molecule has 1 N–H and O–H groups in total. The van der Waals surface area contributed by atoms with Gasteiger partial charge in [0.2, 0.25) is 0 Å². The van der Waals surface area contributed by atoms with Crippen LogP contribution in [0.15, 0.2) is 48.5 Å². The molecule has 0 spiro atoms. The van der Waals surface area contributed by atoms with E-state index in [1.807, 2.05) is 44.2 Å². The summed E-state index contributed by atoms with van der Waals surface area (Å²) >= 11 is 0. The number of hydrogen-bond acceptors (Lipinski definition) is 4. The number of amides is 2. The fourth-order valence-electron chi connectivity index (χ4n) is 3.35. The lowest BCUT2D eigenvalue weighted by Gasteiger charge is -2.34. The topological polar surface area (TPSA) is 67.9 Å². The second-order valence-electron chi connectivity index (χ2n) is 7.18. The van der Waals surface area contributed by atoms with Crippen molar-refractivity contribution in [1.29, 1.82) is 0 Å². The molecule has 148 valence electrons. The van der Waals surface area contributed by atoms with Crippen molar-refractivity contribution in [2.24, 2.45) is 11.8 Å². The third kappa shape index (κ3) is 4.63. The van der Waals surface area contributed by atoms with Gasteiger partial charge in [-0.2, -0.15) is 0 Å². The van der Waals surface area contributed by atoms with Crippen molar-refractivity contribution in [1.82, 2.24) is 4.90 Å². The van der Waals surface area contributed by atoms with Gasteiger partial charge >= 0.3 is 6.03 Å². The summed E-state index contributed by atoms with van der Waals surface area (Å²) in [5.74, 6) is 1.08. The molecule has 0 aliphatic carbocycles. The van der Waals surface area contributed by atoms with Crippen molar-refractivity contribution in [3.05, 3.63) is 54.1 Å². The Hall–Kier alpha value is -3.02. The largest absolute Gasteiger partial charge is 0.497 e. The van der Waals surface area contributed by atoms with Gasteiger partial charge in [0, 0.05) is 31.0 Å². The average molecular weight is 382 g/mol. The van der Waals surface area contributed by atoms with E-state index in [9.17, 15) is 9.59 Å². The molecule has 1 saturated heterocycles. The van der Waals surface area contributed by atoms with Crippen LogP contribution in [0.2, 0.25) is 0 Å². The highest BCUT2D eigenvalue weighted by Crippen LogP contribution is 2.31. The number of urea groups is 1. The first-order valence-corrected chi connectivity index (χ1v) is 9.42. The number of ether oxygens (including phenoxy) is 2. The fourth-order valence-corrected chi connectivity index (χ4v) is 3.35. The number of rotatable bonds is 5. The number of ketones is 1. The number of piperidine rings is 1. The maximum atomic E-state index is 12.8. The first-order chi connectivity index (χ1) is 13.5. The van der Waals surface area contributed by atoms with Gasteiger partial charge in [-0.3, -0.25) is 4.79 Å². The summed E-state index contributed by atoms with van der Waals surface area (Å²) in [6.45, 7) is 4.94. The van der Waals surface area contributed by atoms with Crippen molar-refractivity contribution in [2.75, 3.05) is 25.5 Å². The molecule has 1 fully saturated rings. The number of Topliss-reactive ketones (excluding diaryl/α,β-unsaturated/α-hetero) is 1. The molecule has 0 aromatic heterocycles. The molecular weight excluding hydrogens is 356 g/mol. The van der Waals surface area contributed by atoms with Crippen LogP contribution in [0.5, 0.6) is 11.5 Å². The summed E-state index contributed by atoms with van der Waals surface area (Å²) < 4.78 is 11.2. The van der Waals surface area contributed by atoms with Crippen molar-refractivity contribution in [2.45, 2.75) is 20.5 Å². The number of methoxy groups -OCH3 is 1. The van der Waals surface area contributed by atoms with Crippen molar-refractivity contribution < 1.29 is 19.1 Å². The number of hydrogen-bond donors (Lipinski definition) is 1. The summed E-state index contributed by atoms with van der Waals surface area (Å²) in [6.07, 6.45) is 0. The van der Waals surface area contributed by atoms with Gasteiger partial charge in [-0.1, -0.05) is 44.2 Å². The van der Waals surface area contributed by atoms with Crippen LogP contribution < -0.4 is 14.8 Å². The first kappa shape index (κ1) is 19.7. The van der Waals surface area contributed by atoms with Crippen LogP contribution >= 0.6 is 0 Å². The summed E-state index contributed by atoms with van der Waals surface area (Å²) in [5, 5.41) is 2.92. The highest BCUT2D eigenvalue weighted by atomic mass is 16.5. The molecule has 2 aromatic carbocycles. The zero-order valence-corrected chi connectivity index (χ0v) is 16.5. The molecule has 2 atom stereocenters. The minimum Gasteiger partial charge on any atom is -0.497 e. The lowest BCUT2D eigenvalue weighted by Crippen LogP contribution is -2.49. The van der Waals surface area contributed by atoms with Crippen LogP contribution in [0.1, 0.15) is 19.4 Å². The Balaban J connectivity index is 1.73. The van der Waals surface area contributed by atoms with Crippen LogP contribution in [0.25, 0.3) is 0 Å². The third-order valence-corrected chi connectivity index (χ3v) is 4.91. The molecule has 2 aromatic rings. The molecule has 1 aliphatic heterocycles. The molecule has 0 radical (unpaired) electrons. The molecule has 0 saturated carbocycles. The van der Waals surface area contributed by atoms with Gasteiger partial charge in [0.25, 0.3) is 0 Å². The first-order valence-electron chi connectivity index (χ1n) is 9.42. The van der Waals surface area contributed by atoms with Crippen LogP contribution in [0.4, 0.5) is 10.5 Å². The Labute approximate surface area is 165 Å². The van der Waals surface area contributed by atoms with E-state index in [2.05, 4.69) is 5.32 Å². The van der Waals surface area contributed by atoms with E-state index in [0.29, 0.717) is 36.9 Å². The molecule has 1 aliphatic rings. The van der Waals surface area contributed by atoms with E-state index in [1.165, 1.54) is 0 Å². The molecule has 2 amide bonds. The third-order valence-electron chi connectivity index (χ3n) is 4.91. The minimum absolute atomic E-state index is 0.154. The Morgan fingerprint density at radius 2 is 1.79 bits per heavy atom. The van der Waals surface area contributed by atoms with Gasteiger partial charge in [0.05, 0.1) is 12.8 Å². The molecule has 1 heterocycles. The summed E-state index contributed by atoms with van der Waals surface area (Å²) in [7, 11) is 1.59. The van der Waals surface area contributed by atoms with Gasteiger partial charge < -0.3 is 19.7 Å². The number of anilines is 1. The monoisotopic (exact) mass is 382 g/mol. The Bertz CT molecular complexity index is 824. The standard InChI is InChI=1S/C22H26N2O4/c1-15-12-24(13-16(2)21(15)25)22(26)23-19-10-9-18(27-3)11-20(19)28-14-17-7-5-4-6-8-17/h4-11,15-16H,12-14H2,1-3H3,(H,23,26)/t15-,16-/m1/s1. The van der Waals surface area contributed by atoms with Gasteiger partial charge in [0.1, 0.15) is 23.9 Å². The normalized spacial score (nSPS) is 19.2. The second-order valence-corrected chi connectivity index (χ2v) is 7.18. The van der Waals surface area contributed by atoms with Gasteiger partial charge in [-0.25, -0.2) is 4.79 Å². The Morgan fingerprint density at radius 1 is 1.11 bits per heavy atom. The summed E-state index contributed by atoms with van der Waals surface area (Å²) in [4.78, 5) is 26.4. The smallest absolute Gasteiger partial charge is 0.321 e. The summed E-state index contributed by atoms with van der Waals surface area (Å²) in [6, 6.07) is 14.9. The van der Waals surface area contributed by atoms with E-state index < -0.39 is 0 Å². The van der Waals surface area contributed by atoms with Crippen LogP contribution in [-0.4, -0.2) is 36.9 Å². The molecule has 0 bridgehead atoms. The second kappa shape index (κ2) is 8.78. The number of nitrogens with one attached hydrogen (secondary N) is 1. The predicted octanol–water partition coefficient (Wildman–Crippen LogP) is 3.96. The fraction of sp³-hybridized carbons (Fsp3) is 0.364. The van der Waals surface area contributed by atoms with E-state index >= 15 is 0 Å². The van der Waals surface area contributed by atoms with Crippen LogP contribution in [-0.2, 0) is 11.4 Å². The zero-order chi connectivity index (χ0) is 20.1.